The number of phenolic OH excluding ortho intramolecular Hbond substituents is 1. The summed E-state index contributed by atoms with van der Waals surface area (Å²) in [6.45, 7) is 5.02. The van der Waals surface area contributed by atoms with Crippen molar-refractivity contribution >= 4 is 7.60 Å². The van der Waals surface area contributed by atoms with E-state index in [1.165, 1.54) is 0 Å². The van der Waals surface area contributed by atoms with Gasteiger partial charge in [-0.15, -0.1) is 0 Å². The van der Waals surface area contributed by atoms with Crippen LogP contribution in [0.2, 0.25) is 0 Å². The first-order valence-corrected chi connectivity index (χ1v) is 6.70. The van der Waals surface area contributed by atoms with Crippen LogP contribution in [0, 0.1) is 13.8 Å². The average molecular weight is 320 g/mol. The van der Waals surface area contributed by atoms with Crippen molar-refractivity contribution in [2.45, 2.75) is 32.9 Å². The minimum atomic E-state index is -4.63. The molecule has 0 spiro atoms. The summed E-state index contributed by atoms with van der Waals surface area (Å²) >= 11 is 0. The van der Waals surface area contributed by atoms with Crippen LogP contribution in [0.4, 0.5) is 0 Å². The number of benzene rings is 1. The summed E-state index contributed by atoms with van der Waals surface area (Å²) < 4.78 is 11.1. The van der Waals surface area contributed by atoms with Crippen molar-refractivity contribution in [1.29, 1.82) is 0 Å². The van der Waals surface area contributed by atoms with Crippen LogP contribution in [0.1, 0.15) is 35.7 Å². The van der Waals surface area contributed by atoms with Crippen molar-refractivity contribution in [1.82, 2.24) is 0 Å². The molecule has 0 radical (unpaired) electrons. The fraction of sp³-hybridized carbons (Fsp3) is 0.455. The van der Waals surface area contributed by atoms with Crippen molar-refractivity contribution in [2.75, 3.05) is 0 Å². The molecule has 1 rings (SSSR count). The Bertz CT molecular complexity index is 422. The van der Waals surface area contributed by atoms with Gasteiger partial charge in [-0.25, -0.2) is 0 Å². The van der Waals surface area contributed by atoms with Crippen LogP contribution in [0.5, 0.6) is 5.75 Å². The summed E-state index contributed by atoms with van der Waals surface area (Å²) in [6, 6.07) is 3.11. The summed E-state index contributed by atoms with van der Waals surface area (Å²) in [6.07, 6.45) is 0.244. The molecule has 0 aromatic heterocycles. The number of hydrogen-bond acceptors (Lipinski definition) is 4. The van der Waals surface area contributed by atoms with Gasteiger partial charge < -0.3 is 19.5 Å². The maximum atomic E-state index is 11.1. The zero-order valence-corrected chi connectivity index (χ0v) is 18.7. The van der Waals surface area contributed by atoms with Crippen molar-refractivity contribution in [2.24, 2.45) is 0 Å². The third-order valence-corrected chi connectivity index (χ3v) is 4.09. The molecule has 0 saturated heterocycles. The van der Waals surface area contributed by atoms with E-state index >= 15 is 0 Å². The van der Waals surface area contributed by atoms with Crippen LogP contribution in [0.25, 0.3) is 0 Å². The molecule has 1 atom stereocenters. The molecule has 0 heterocycles. The smallest absolute Gasteiger partial charge is 0.810 e. The van der Waals surface area contributed by atoms with Crippen molar-refractivity contribution in [3.8, 4) is 5.75 Å². The van der Waals surface area contributed by atoms with Crippen LogP contribution in [0.15, 0.2) is 12.1 Å². The van der Waals surface area contributed by atoms with Gasteiger partial charge in [-0.1, -0.05) is 26.7 Å². The van der Waals surface area contributed by atoms with E-state index in [-0.39, 0.29) is 115 Å². The van der Waals surface area contributed by atoms with E-state index in [4.69, 9.17) is 0 Å². The van der Waals surface area contributed by atoms with Crippen molar-refractivity contribution < 1.29 is 122 Å². The Kier molecular flexibility index (Phi) is 11.9. The monoisotopic (exact) mass is 320 g/mol. The summed E-state index contributed by atoms with van der Waals surface area (Å²) in [5.74, 6) is 0.144. The second-order valence-electron chi connectivity index (χ2n) is 3.97. The molecule has 7 heteroatoms. The first-order valence-electron chi connectivity index (χ1n) is 5.09. The third-order valence-electron chi connectivity index (χ3n) is 2.67. The second-order valence-corrected chi connectivity index (χ2v) is 5.67. The van der Waals surface area contributed by atoms with Crippen LogP contribution in [0.3, 0.4) is 0 Å². The van der Waals surface area contributed by atoms with Gasteiger partial charge in [-0.05, 0) is 37.0 Å². The van der Waals surface area contributed by atoms with Gasteiger partial charge in [0.25, 0.3) is 0 Å². The molecule has 1 unspecified atom stereocenters. The maximum absolute atomic E-state index is 11.1. The van der Waals surface area contributed by atoms with Gasteiger partial charge in [-0.3, -0.25) is 0 Å². The molecule has 90 valence electrons. The second kappa shape index (κ2) is 9.46. The number of hydrogen-bond donors (Lipinski definition) is 1. The molecule has 0 saturated carbocycles. The first kappa shape index (κ1) is 22.7. The average Bonchev–Trinajstić information content (AvgIpc) is 2.12. The van der Waals surface area contributed by atoms with Gasteiger partial charge >= 0.3 is 103 Å². The molecular weight excluding hydrogens is 305 g/mol. The summed E-state index contributed by atoms with van der Waals surface area (Å²) in [5, 5.41) is 9.56. The van der Waals surface area contributed by atoms with Gasteiger partial charge in [0.15, 0.2) is 0 Å². The Labute approximate surface area is 193 Å². The van der Waals surface area contributed by atoms with Crippen molar-refractivity contribution in [3.63, 3.8) is 0 Å². The normalized spacial score (nSPS) is 12.3. The van der Waals surface area contributed by atoms with Gasteiger partial charge in [0.1, 0.15) is 5.75 Å². The summed E-state index contributed by atoms with van der Waals surface area (Å²) in [5.41, 5.74) is 0.623. The van der Waals surface area contributed by atoms with Gasteiger partial charge in [0.2, 0.25) is 0 Å². The molecule has 1 aromatic carbocycles. The van der Waals surface area contributed by atoms with Crippen LogP contribution in [-0.4, -0.2) is 5.11 Å². The van der Waals surface area contributed by atoms with E-state index in [9.17, 15) is 19.5 Å². The molecular formula is C11H15K2O4P. The molecule has 18 heavy (non-hydrogen) atoms. The van der Waals surface area contributed by atoms with E-state index in [1.807, 2.05) is 0 Å². The molecule has 0 amide bonds. The fourth-order valence-corrected chi connectivity index (χ4v) is 2.79. The molecule has 1 N–H and O–H groups in total. The van der Waals surface area contributed by atoms with Crippen molar-refractivity contribution in [3.05, 3.63) is 28.8 Å². The zero-order valence-electron chi connectivity index (χ0n) is 11.6. The maximum Gasteiger partial charge on any atom is 1.00 e. The topological polar surface area (TPSA) is 83.4 Å². The Morgan fingerprint density at radius 1 is 1.22 bits per heavy atom. The Morgan fingerprint density at radius 3 is 1.89 bits per heavy atom. The van der Waals surface area contributed by atoms with E-state index in [0.717, 1.165) is 0 Å². The third kappa shape index (κ3) is 6.05. The van der Waals surface area contributed by atoms with E-state index < -0.39 is 13.3 Å². The summed E-state index contributed by atoms with van der Waals surface area (Å²) in [4.78, 5) is 22.2. The Morgan fingerprint density at radius 2 is 1.61 bits per heavy atom. The molecule has 0 fully saturated rings. The number of rotatable bonds is 3. The zero-order chi connectivity index (χ0) is 12.5. The van der Waals surface area contributed by atoms with E-state index in [0.29, 0.717) is 16.7 Å². The minimum Gasteiger partial charge on any atom is -0.810 e. The molecule has 0 bridgehead atoms. The number of aromatic hydroxyl groups is 1. The quantitative estimate of drug-likeness (QED) is 0.449. The number of phenols is 1. The molecule has 4 nitrogen and oxygen atoms in total. The predicted molar refractivity (Wildman–Crippen MR) is 58.2 cm³/mol. The predicted octanol–water partition coefficient (Wildman–Crippen LogP) is -4.62. The molecule has 0 aliphatic heterocycles. The van der Waals surface area contributed by atoms with Gasteiger partial charge in [0.05, 0.1) is 0 Å². The van der Waals surface area contributed by atoms with Crippen LogP contribution >= 0.6 is 7.60 Å². The Balaban J connectivity index is 0. The van der Waals surface area contributed by atoms with Gasteiger partial charge in [-0.2, -0.15) is 0 Å². The van der Waals surface area contributed by atoms with E-state index in [1.54, 1.807) is 32.9 Å². The molecule has 0 aliphatic carbocycles. The minimum absolute atomic E-state index is 0. The molecule has 0 aliphatic rings. The number of aryl methyl sites for hydroxylation is 2. The van der Waals surface area contributed by atoms with Crippen LogP contribution < -0.4 is 113 Å². The summed E-state index contributed by atoms with van der Waals surface area (Å²) in [7, 11) is -4.63. The largest absolute Gasteiger partial charge is 1.00 e. The van der Waals surface area contributed by atoms with Gasteiger partial charge in [0, 0.05) is 5.66 Å². The Hall–Kier alpha value is 2.44. The fourth-order valence-electron chi connectivity index (χ4n) is 1.82. The van der Waals surface area contributed by atoms with E-state index in [2.05, 4.69) is 0 Å². The SMILES string of the molecule is CCC(c1cc(C)c(O)c(C)c1)P(=O)([O-])[O-].[K+].[K+]. The molecule has 1 aromatic rings. The first-order chi connectivity index (χ1) is 7.27. The standard InChI is InChI=1S/C11H17O4P.2K/c1-4-10(16(13,14)15)9-5-7(2)11(12)8(3)6-9;;/h5-6,10,12H,4H2,1-3H3,(H2,13,14,15);;/q;2*+1/p-2. The van der Waals surface area contributed by atoms with Crippen LogP contribution in [-0.2, 0) is 4.57 Å².